The molecule has 0 saturated heterocycles. The van der Waals surface area contributed by atoms with Crippen LogP contribution < -0.4 is 20.1 Å². The number of methoxy groups -OCH3 is 1. The standard InChI is InChI=1S/C15H14Cl2N2O3/c1-21-12-7-2-3-8-13(12)22-9-18-15(20)19-11-6-4-5-10(16)14(11)17/h2-8H,9H2,1H3,(H2,18,19,20). The Morgan fingerprint density at radius 3 is 2.55 bits per heavy atom. The number of hydrogen-bond donors (Lipinski definition) is 2. The molecular weight excluding hydrogens is 327 g/mol. The number of benzene rings is 2. The van der Waals surface area contributed by atoms with Crippen LogP contribution in [0.3, 0.4) is 0 Å². The number of nitrogens with one attached hydrogen (secondary N) is 2. The lowest BCUT2D eigenvalue weighted by molar-refractivity contribution is 0.231. The Morgan fingerprint density at radius 1 is 1.09 bits per heavy atom. The predicted molar refractivity (Wildman–Crippen MR) is 87.1 cm³/mol. The van der Waals surface area contributed by atoms with Crippen molar-refractivity contribution in [2.24, 2.45) is 0 Å². The average molecular weight is 341 g/mol. The van der Waals surface area contributed by atoms with Crippen molar-refractivity contribution in [3.05, 3.63) is 52.5 Å². The first-order chi connectivity index (χ1) is 10.6. The zero-order valence-electron chi connectivity index (χ0n) is 11.7. The molecule has 0 bridgehead atoms. The second-order valence-corrected chi connectivity index (χ2v) is 4.96. The number of hydrogen-bond acceptors (Lipinski definition) is 3. The first kappa shape index (κ1) is 16.3. The highest BCUT2D eigenvalue weighted by molar-refractivity contribution is 6.43. The quantitative estimate of drug-likeness (QED) is 0.803. The first-order valence-corrected chi connectivity index (χ1v) is 7.12. The summed E-state index contributed by atoms with van der Waals surface area (Å²) in [5, 5.41) is 5.78. The number of ether oxygens (including phenoxy) is 2. The summed E-state index contributed by atoms with van der Waals surface area (Å²) in [6.45, 7) is -0.0234. The van der Waals surface area contributed by atoms with Crippen LogP contribution in [-0.2, 0) is 0 Å². The highest BCUT2D eigenvalue weighted by atomic mass is 35.5. The van der Waals surface area contributed by atoms with Gasteiger partial charge in [-0.25, -0.2) is 4.79 Å². The lowest BCUT2D eigenvalue weighted by Crippen LogP contribution is -2.32. The van der Waals surface area contributed by atoms with Gasteiger partial charge >= 0.3 is 6.03 Å². The van der Waals surface area contributed by atoms with Gasteiger partial charge in [-0.05, 0) is 24.3 Å². The maximum atomic E-state index is 11.8. The van der Waals surface area contributed by atoms with Crippen LogP contribution in [0.5, 0.6) is 11.5 Å². The summed E-state index contributed by atoms with van der Waals surface area (Å²) in [5.41, 5.74) is 0.420. The van der Waals surface area contributed by atoms with E-state index in [9.17, 15) is 4.79 Å². The minimum atomic E-state index is -0.459. The number of halogens is 2. The molecule has 0 aliphatic carbocycles. The average Bonchev–Trinajstić information content (AvgIpc) is 2.52. The maximum Gasteiger partial charge on any atom is 0.321 e. The maximum absolute atomic E-state index is 11.8. The molecule has 2 N–H and O–H groups in total. The summed E-state index contributed by atoms with van der Waals surface area (Å²) < 4.78 is 10.6. The number of rotatable bonds is 5. The number of amides is 2. The molecule has 0 aliphatic heterocycles. The molecule has 22 heavy (non-hydrogen) atoms. The van der Waals surface area contributed by atoms with Crippen LogP contribution in [0.4, 0.5) is 10.5 Å². The Balaban J connectivity index is 1.87. The smallest absolute Gasteiger partial charge is 0.321 e. The number of anilines is 1. The second kappa shape index (κ2) is 7.77. The fraction of sp³-hybridized carbons (Fsp3) is 0.133. The van der Waals surface area contributed by atoms with E-state index in [4.69, 9.17) is 32.7 Å². The van der Waals surface area contributed by atoms with Crippen LogP contribution in [0.15, 0.2) is 42.5 Å². The zero-order chi connectivity index (χ0) is 15.9. The summed E-state index contributed by atoms with van der Waals surface area (Å²) in [6, 6.07) is 11.7. The highest BCUT2D eigenvalue weighted by Gasteiger charge is 2.08. The van der Waals surface area contributed by atoms with Crippen molar-refractivity contribution in [2.75, 3.05) is 19.2 Å². The fourth-order valence-corrected chi connectivity index (χ4v) is 2.03. The SMILES string of the molecule is COc1ccccc1OCNC(=O)Nc1cccc(Cl)c1Cl. The molecule has 0 radical (unpaired) electrons. The summed E-state index contributed by atoms with van der Waals surface area (Å²) >= 11 is 11.9. The van der Waals surface area contributed by atoms with Gasteiger partial charge in [0, 0.05) is 0 Å². The molecule has 0 aromatic heterocycles. The molecule has 5 nitrogen and oxygen atoms in total. The van der Waals surface area contributed by atoms with Gasteiger partial charge in [-0.1, -0.05) is 41.4 Å². The van der Waals surface area contributed by atoms with Crippen molar-refractivity contribution in [1.29, 1.82) is 0 Å². The van der Waals surface area contributed by atoms with Gasteiger partial charge in [-0.15, -0.1) is 0 Å². The lowest BCUT2D eigenvalue weighted by atomic mass is 10.3. The molecule has 2 aromatic rings. The summed E-state index contributed by atoms with van der Waals surface area (Å²) in [7, 11) is 1.55. The Morgan fingerprint density at radius 2 is 1.82 bits per heavy atom. The third-order valence-electron chi connectivity index (χ3n) is 2.73. The first-order valence-electron chi connectivity index (χ1n) is 6.36. The molecule has 7 heteroatoms. The molecule has 2 amide bonds. The minimum absolute atomic E-state index is 0.0234. The Hall–Kier alpha value is -2.11. The van der Waals surface area contributed by atoms with Crippen molar-refractivity contribution >= 4 is 34.9 Å². The fourth-order valence-electron chi connectivity index (χ4n) is 1.68. The molecule has 0 aliphatic rings. The monoisotopic (exact) mass is 340 g/mol. The van der Waals surface area contributed by atoms with E-state index in [1.54, 1.807) is 37.4 Å². The van der Waals surface area contributed by atoms with E-state index in [2.05, 4.69) is 10.6 Å². The molecule has 0 spiro atoms. The van der Waals surface area contributed by atoms with Gasteiger partial charge in [0.2, 0.25) is 0 Å². The molecule has 0 saturated carbocycles. The van der Waals surface area contributed by atoms with Crippen molar-refractivity contribution in [1.82, 2.24) is 5.32 Å². The van der Waals surface area contributed by atoms with E-state index >= 15 is 0 Å². The molecule has 0 fully saturated rings. The molecule has 2 aromatic carbocycles. The summed E-state index contributed by atoms with van der Waals surface area (Å²) in [6.07, 6.45) is 0. The van der Waals surface area contributed by atoms with E-state index in [1.165, 1.54) is 0 Å². The van der Waals surface area contributed by atoms with E-state index in [0.717, 1.165) is 0 Å². The van der Waals surface area contributed by atoms with Crippen LogP contribution in [-0.4, -0.2) is 19.9 Å². The van der Waals surface area contributed by atoms with E-state index in [1.807, 2.05) is 12.1 Å². The number of carbonyl (C=O) groups excluding carboxylic acids is 1. The Labute approximate surface area is 138 Å². The van der Waals surface area contributed by atoms with Crippen molar-refractivity contribution < 1.29 is 14.3 Å². The van der Waals surface area contributed by atoms with Crippen molar-refractivity contribution in [3.8, 4) is 11.5 Å². The zero-order valence-corrected chi connectivity index (χ0v) is 13.2. The van der Waals surface area contributed by atoms with Gasteiger partial charge in [0.05, 0.1) is 22.8 Å². The van der Waals surface area contributed by atoms with Crippen LogP contribution in [0.1, 0.15) is 0 Å². The molecule has 0 atom stereocenters. The molecular formula is C15H14Cl2N2O3. The second-order valence-electron chi connectivity index (χ2n) is 4.17. The Kier molecular flexibility index (Phi) is 5.75. The summed E-state index contributed by atoms with van der Waals surface area (Å²) in [4.78, 5) is 11.8. The van der Waals surface area contributed by atoms with E-state index in [0.29, 0.717) is 22.2 Å². The van der Waals surface area contributed by atoms with Gasteiger partial charge in [0.1, 0.15) is 0 Å². The molecule has 0 unspecified atom stereocenters. The van der Waals surface area contributed by atoms with Gasteiger partial charge < -0.3 is 20.1 Å². The largest absolute Gasteiger partial charge is 0.493 e. The van der Waals surface area contributed by atoms with Crippen molar-refractivity contribution in [2.45, 2.75) is 0 Å². The highest BCUT2D eigenvalue weighted by Crippen LogP contribution is 2.29. The van der Waals surface area contributed by atoms with Gasteiger partial charge in [0.25, 0.3) is 0 Å². The van der Waals surface area contributed by atoms with Gasteiger partial charge in [0.15, 0.2) is 18.2 Å². The number of urea groups is 1. The topological polar surface area (TPSA) is 59.6 Å². The lowest BCUT2D eigenvalue weighted by Gasteiger charge is -2.12. The van der Waals surface area contributed by atoms with E-state index in [-0.39, 0.29) is 11.8 Å². The summed E-state index contributed by atoms with van der Waals surface area (Å²) in [5.74, 6) is 1.12. The third-order valence-corrected chi connectivity index (χ3v) is 3.55. The molecule has 2 rings (SSSR count). The van der Waals surface area contributed by atoms with Crippen LogP contribution in [0.25, 0.3) is 0 Å². The predicted octanol–water partition coefficient (Wildman–Crippen LogP) is 4.16. The third kappa shape index (κ3) is 4.19. The van der Waals surface area contributed by atoms with Gasteiger partial charge in [-0.2, -0.15) is 0 Å². The van der Waals surface area contributed by atoms with Crippen molar-refractivity contribution in [3.63, 3.8) is 0 Å². The van der Waals surface area contributed by atoms with Crippen LogP contribution in [0, 0.1) is 0 Å². The molecule has 0 heterocycles. The molecule has 116 valence electrons. The normalized spacial score (nSPS) is 9.95. The van der Waals surface area contributed by atoms with Crippen LogP contribution in [0.2, 0.25) is 10.0 Å². The number of carbonyl (C=O) groups is 1. The Bertz CT molecular complexity index is 665. The number of para-hydroxylation sites is 2. The van der Waals surface area contributed by atoms with Crippen LogP contribution >= 0.6 is 23.2 Å². The van der Waals surface area contributed by atoms with E-state index < -0.39 is 6.03 Å². The van der Waals surface area contributed by atoms with Gasteiger partial charge in [-0.3, -0.25) is 0 Å². The minimum Gasteiger partial charge on any atom is -0.493 e.